The van der Waals surface area contributed by atoms with Gasteiger partial charge in [-0.1, -0.05) is 35.9 Å². The third-order valence-corrected chi connectivity index (χ3v) is 7.34. The van der Waals surface area contributed by atoms with Crippen LogP contribution in [0.2, 0.25) is 5.02 Å². The summed E-state index contributed by atoms with van der Waals surface area (Å²) in [4.78, 5) is 13.8. The SMILES string of the molecule is C[C@@H](C(=O)Nc1ccccc1SCc1ccc(Cl)cc1)N(c1ccc(F)c(F)c1)S(C)(=O)=O. The molecule has 0 heterocycles. The van der Waals surface area contributed by atoms with E-state index >= 15 is 0 Å². The Hall–Kier alpha value is -2.62. The van der Waals surface area contributed by atoms with Gasteiger partial charge in [0.05, 0.1) is 17.6 Å². The van der Waals surface area contributed by atoms with Crippen LogP contribution in [0.15, 0.2) is 71.6 Å². The van der Waals surface area contributed by atoms with E-state index in [1.807, 2.05) is 24.3 Å². The zero-order valence-electron chi connectivity index (χ0n) is 17.8. The van der Waals surface area contributed by atoms with Crippen LogP contribution >= 0.6 is 23.4 Å². The lowest BCUT2D eigenvalue weighted by Gasteiger charge is -2.28. The second-order valence-electron chi connectivity index (χ2n) is 7.23. The van der Waals surface area contributed by atoms with Crippen LogP contribution in [0.1, 0.15) is 12.5 Å². The van der Waals surface area contributed by atoms with Crippen LogP contribution < -0.4 is 9.62 Å². The minimum Gasteiger partial charge on any atom is -0.323 e. The molecule has 3 aromatic rings. The van der Waals surface area contributed by atoms with E-state index in [0.29, 0.717) is 16.5 Å². The van der Waals surface area contributed by atoms with Crippen molar-refractivity contribution >= 4 is 50.7 Å². The molecule has 0 radical (unpaired) electrons. The van der Waals surface area contributed by atoms with Crippen LogP contribution in [0, 0.1) is 11.6 Å². The molecule has 1 N–H and O–H groups in total. The van der Waals surface area contributed by atoms with Gasteiger partial charge in [0.2, 0.25) is 15.9 Å². The maximum absolute atomic E-state index is 13.7. The summed E-state index contributed by atoms with van der Waals surface area (Å²) in [5.41, 5.74) is 1.40. The molecule has 0 aliphatic carbocycles. The van der Waals surface area contributed by atoms with Gasteiger partial charge in [0.25, 0.3) is 0 Å². The lowest BCUT2D eigenvalue weighted by molar-refractivity contribution is -0.116. The minimum atomic E-state index is -3.98. The third kappa shape index (κ3) is 6.46. The smallest absolute Gasteiger partial charge is 0.248 e. The van der Waals surface area contributed by atoms with E-state index in [4.69, 9.17) is 11.6 Å². The quantitative estimate of drug-likeness (QED) is 0.394. The summed E-state index contributed by atoms with van der Waals surface area (Å²) in [7, 11) is -3.98. The van der Waals surface area contributed by atoms with Crippen LogP contribution in [-0.2, 0) is 20.6 Å². The van der Waals surface area contributed by atoms with Crippen molar-refractivity contribution in [2.45, 2.75) is 23.6 Å². The molecular weight excluding hydrogens is 490 g/mol. The number of hydrogen-bond donors (Lipinski definition) is 1. The highest BCUT2D eigenvalue weighted by molar-refractivity contribution is 7.98. The monoisotopic (exact) mass is 510 g/mol. The van der Waals surface area contributed by atoms with E-state index in [-0.39, 0.29) is 5.69 Å². The van der Waals surface area contributed by atoms with Crippen molar-refractivity contribution in [3.8, 4) is 0 Å². The lowest BCUT2D eigenvalue weighted by atomic mass is 10.2. The maximum Gasteiger partial charge on any atom is 0.248 e. The van der Waals surface area contributed by atoms with Crippen molar-refractivity contribution in [2.75, 3.05) is 15.9 Å². The highest BCUT2D eigenvalue weighted by atomic mass is 35.5. The molecule has 0 fully saturated rings. The van der Waals surface area contributed by atoms with Crippen molar-refractivity contribution in [1.82, 2.24) is 0 Å². The molecule has 0 aromatic heterocycles. The molecule has 0 unspecified atom stereocenters. The molecule has 0 spiro atoms. The Kier molecular flexibility index (Phi) is 7.99. The van der Waals surface area contributed by atoms with Gasteiger partial charge in [-0.05, 0) is 48.9 Å². The van der Waals surface area contributed by atoms with E-state index in [1.165, 1.54) is 18.7 Å². The van der Waals surface area contributed by atoms with Gasteiger partial charge in [-0.15, -0.1) is 11.8 Å². The molecule has 1 amide bonds. The van der Waals surface area contributed by atoms with E-state index in [9.17, 15) is 22.0 Å². The molecule has 3 aromatic carbocycles. The standard InChI is InChI=1S/C23H21ClF2N2O3S2/c1-15(28(33(2,30)31)18-11-12-19(25)20(26)13-18)23(29)27-21-5-3-4-6-22(21)32-14-16-7-9-17(24)10-8-16/h3-13,15H,14H2,1-2H3,(H,27,29)/t15-/m0/s1. The summed E-state index contributed by atoms with van der Waals surface area (Å²) in [6.07, 6.45) is 0.897. The number of para-hydroxylation sites is 1. The van der Waals surface area contributed by atoms with E-state index in [2.05, 4.69) is 5.32 Å². The Morgan fingerprint density at radius 2 is 1.73 bits per heavy atom. The zero-order valence-corrected chi connectivity index (χ0v) is 20.1. The maximum atomic E-state index is 13.7. The van der Waals surface area contributed by atoms with Crippen LogP contribution in [-0.4, -0.2) is 26.6 Å². The van der Waals surface area contributed by atoms with Crippen molar-refractivity contribution in [1.29, 1.82) is 0 Å². The Balaban J connectivity index is 1.80. The molecule has 3 rings (SSSR count). The summed E-state index contributed by atoms with van der Waals surface area (Å²) in [5, 5.41) is 3.39. The number of thioether (sulfide) groups is 1. The number of anilines is 2. The van der Waals surface area contributed by atoms with Gasteiger partial charge in [-0.3, -0.25) is 9.10 Å². The van der Waals surface area contributed by atoms with Gasteiger partial charge < -0.3 is 5.32 Å². The minimum absolute atomic E-state index is 0.149. The Labute approximate surface area is 200 Å². The van der Waals surface area contributed by atoms with Gasteiger partial charge in [-0.25, -0.2) is 17.2 Å². The fraction of sp³-hybridized carbons (Fsp3) is 0.174. The predicted molar refractivity (Wildman–Crippen MR) is 129 cm³/mol. The van der Waals surface area contributed by atoms with E-state index < -0.39 is 33.6 Å². The van der Waals surface area contributed by atoms with Crippen molar-refractivity contribution in [3.63, 3.8) is 0 Å². The summed E-state index contributed by atoms with van der Waals surface area (Å²) in [5.74, 6) is -2.32. The average Bonchev–Trinajstić information content (AvgIpc) is 2.76. The van der Waals surface area contributed by atoms with Gasteiger partial charge in [0.15, 0.2) is 11.6 Å². The summed E-state index contributed by atoms with van der Waals surface area (Å²) in [6.45, 7) is 1.38. The molecule has 10 heteroatoms. The second-order valence-corrected chi connectivity index (χ2v) is 10.5. The fourth-order valence-electron chi connectivity index (χ4n) is 3.11. The zero-order chi connectivity index (χ0) is 24.2. The fourth-order valence-corrected chi connectivity index (χ4v) is 5.36. The molecular formula is C23H21ClF2N2O3S2. The van der Waals surface area contributed by atoms with E-state index in [1.54, 1.807) is 24.3 Å². The first-order valence-corrected chi connectivity index (χ1v) is 13.0. The topological polar surface area (TPSA) is 66.5 Å². The first-order valence-electron chi connectivity index (χ1n) is 9.78. The van der Waals surface area contributed by atoms with Crippen molar-refractivity contribution in [3.05, 3.63) is 89.0 Å². The number of nitrogens with zero attached hydrogens (tertiary/aromatic N) is 1. The molecule has 174 valence electrons. The van der Waals surface area contributed by atoms with Gasteiger partial charge >= 0.3 is 0 Å². The molecule has 0 aliphatic heterocycles. The highest BCUT2D eigenvalue weighted by Gasteiger charge is 2.30. The first kappa shape index (κ1) is 25.0. The van der Waals surface area contributed by atoms with E-state index in [0.717, 1.165) is 39.2 Å². The molecule has 33 heavy (non-hydrogen) atoms. The first-order chi connectivity index (χ1) is 15.6. The summed E-state index contributed by atoms with van der Waals surface area (Å²) >= 11 is 7.41. The molecule has 5 nitrogen and oxygen atoms in total. The predicted octanol–water partition coefficient (Wildman–Crippen LogP) is 5.70. The Bertz CT molecular complexity index is 1250. The van der Waals surface area contributed by atoms with Crippen LogP contribution in [0.3, 0.4) is 0 Å². The molecule has 1 atom stereocenters. The molecule has 0 aliphatic rings. The highest BCUT2D eigenvalue weighted by Crippen LogP contribution is 2.31. The molecule has 0 saturated carbocycles. The summed E-state index contributed by atoms with van der Waals surface area (Å²) < 4.78 is 52.6. The number of amides is 1. The third-order valence-electron chi connectivity index (χ3n) is 4.70. The average molecular weight is 511 g/mol. The Morgan fingerprint density at radius 3 is 2.36 bits per heavy atom. The molecule has 0 saturated heterocycles. The van der Waals surface area contributed by atoms with Gasteiger partial charge in [0, 0.05) is 21.7 Å². The van der Waals surface area contributed by atoms with Crippen LogP contribution in [0.5, 0.6) is 0 Å². The number of hydrogen-bond acceptors (Lipinski definition) is 4. The second kappa shape index (κ2) is 10.5. The summed E-state index contributed by atoms with van der Waals surface area (Å²) in [6, 6.07) is 16.0. The molecule has 0 bridgehead atoms. The largest absolute Gasteiger partial charge is 0.323 e. The number of halogens is 3. The van der Waals surface area contributed by atoms with Crippen molar-refractivity contribution in [2.24, 2.45) is 0 Å². The number of benzene rings is 3. The normalized spacial score (nSPS) is 12.3. The number of nitrogens with one attached hydrogen (secondary N) is 1. The lowest BCUT2D eigenvalue weighted by Crippen LogP contribution is -2.45. The number of carbonyl (C=O) groups excluding carboxylic acids is 1. The van der Waals surface area contributed by atoms with Gasteiger partial charge in [-0.2, -0.15) is 0 Å². The Morgan fingerprint density at radius 1 is 1.06 bits per heavy atom. The van der Waals surface area contributed by atoms with Crippen molar-refractivity contribution < 1.29 is 22.0 Å². The van der Waals surface area contributed by atoms with Crippen LogP contribution in [0.25, 0.3) is 0 Å². The number of sulfonamides is 1. The number of carbonyl (C=O) groups is 1. The number of rotatable bonds is 8. The van der Waals surface area contributed by atoms with Crippen LogP contribution in [0.4, 0.5) is 20.2 Å². The van der Waals surface area contributed by atoms with Gasteiger partial charge in [0.1, 0.15) is 6.04 Å².